The number of aliphatic hydroxyl groups excluding tert-OH is 1. The Labute approximate surface area is 132 Å². The zero-order chi connectivity index (χ0) is 14.6. The van der Waals surface area contributed by atoms with E-state index in [0.717, 1.165) is 12.1 Å². The third-order valence-corrected chi connectivity index (χ3v) is 2.71. The number of β-amino-alcohol motifs (C(OH)–C–C–N with tert-alkyl or cyclic N) is 1. The fraction of sp³-hybridized carbons (Fsp3) is 0.538. The van der Waals surface area contributed by atoms with E-state index in [2.05, 4.69) is 21.2 Å². The highest BCUT2D eigenvalue weighted by molar-refractivity contribution is 9.10. The van der Waals surface area contributed by atoms with Gasteiger partial charge in [0.25, 0.3) is 0 Å². The van der Waals surface area contributed by atoms with E-state index < -0.39 is 23.5 Å². The Bertz CT molecular complexity index is 418. The Kier molecular flexibility index (Phi) is 7.95. The Morgan fingerprint density at radius 1 is 1.30 bits per heavy atom. The Hall–Kier alpha value is -0.430. The summed E-state index contributed by atoms with van der Waals surface area (Å²) in [6, 6.07) is 2.22. The second kappa shape index (κ2) is 8.12. The molecule has 0 aliphatic carbocycles. The number of hydrogen-bond acceptors (Lipinski definition) is 3. The first-order chi connectivity index (χ1) is 8.69. The molecule has 0 amide bonds. The predicted molar refractivity (Wildman–Crippen MR) is 80.6 cm³/mol. The van der Waals surface area contributed by atoms with Gasteiger partial charge in [-0.2, -0.15) is 0 Å². The van der Waals surface area contributed by atoms with E-state index in [1.165, 1.54) is 0 Å². The molecule has 20 heavy (non-hydrogen) atoms. The van der Waals surface area contributed by atoms with Crippen LogP contribution < -0.4 is 10.1 Å². The molecule has 1 unspecified atom stereocenters. The van der Waals surface area contributed by atoms with Crippen LogP contribution in [0, 0.1) is 11.6 Å². The van der Waals surface area contributed by atoms with Crippen LogP contribution in [0.15, 0.2) is 16.6 Å². The molecule has 116 valence electrons. The van der Waals surface area contributed by atoms with Crippen LogP contribution >= 0.6 is 28.3 Å². The Morgan fingerprint density at radius 2 is 1.80 bits per heavy atom. The molecule has 0 radical (unpaired) electrons. The smallest absolute Gasteiger partial charge is 0.190 e. The third-order valence-electron chi connectivity index (χ3n) is 2.25. The quantitative estimate of drug-likeness (QED) is 0.831. The van der Waals surface area contributed by atoms with Crippen molar-refractivity contribution in [1.29, 1.82) is 0 Å². The van der Waals surface area contributed by atoms with Crippen molar-refractivity contribution in [1.82, 2.24) is 5.32 Å². The lowest BCUT2D eigenvalue weighted by atomic mass is 10.1. The van der Waals surface area contributed by atoms with Gasteiger partial charge in [-0.3, -0.25) is 0 Å². The van der Waals surface area contributed by atoms with E-state index in [1.807, 2.05) is 20.8 Å². The molecule has 0 spiro atoms. The summed E-state index contributed by atoms with van der Waals surface area (Å²) in [7, 11) is 0. The number of ether oxygens (including phenoxy) is 1. The monoisotopic (exact) mass is 373 g/mol. The van der Waals surface area contributed by atoms with Crippen molar-refractivity contribution >= 4 is 28.3 Å². The Morgan fingerprint density at radius 3 is 2.25 bits per heavy atom. The minimum atomic E-state index is -0.846. The normalized spacial score (nSPS) is 12.8. The maximum Gasteiger partial charge on any atom is 0.190 e. The highest BCUT2D eigenvalue weighted by Crippen LogP contribution is 2.25. The molecular formula is C13H19BrClF2NO2. The van der Waals surface area contributed by atoms with Crippen molar-refractivity contribution in [3.63, 3.8) is 0 Å². The van der Waals surface area contributed by atoms with Gasteiger partial charge in [-0.1, -0.05) is 15.9 Å². The van der Waals surface area contributed by atoms with Crippen LogP contribution in [0.25, 0.3) is 0 Å². The number of benzene rings is 1. The standard InChI is InChI=1S/C13H18BrF2NO2.ClH/c1-13(2,3)17-6-9(18)7-19-12-10(15)4-8(14)5-11(12)16;/h4-5,9,17-18H,6-7H2,1-3H3;1H. The number of rotatable bonds is 5. The maximum absolute atomic E-state index is 13.4. The molecule has 0 aliphatic heterocycles. The summed E-state index contributed by atoms with van der Waals surface area (Å²) < 4.78 is 32.2. The van der Waals surface area contributed by atoms with Crippen LogP contribution in [0.2, 0.25) is 0 Å². The zero-order valence-corrected chi connectivity index (χ0v) is 13.9. The average molecular weight is 375 g/mol. The molecule has 0 heterocycles. The van der Waals surface area contributed by atoms with E-state index in [-0.39, 0.29) is 31.1 Å². The van der Waals surface area contributed by atoms with Gasteiger partial charge >= 0.3 is 0 Å². The van der Waals surface area contributed by atoms with Crippen LogP contribution in [0.1, 0.15) is 20.8 Å². The molecule has 1 rings (SSSR count). The first-order valence-corrected chi connectivity index (χ1v) is 6.69. The van der Waals surface area contributed by atoms with Gasteiger partial charge in [0.05, 0.1) is 0 Å². The molecule has 0 fully saturated rings. The van der Waals surface area contributed by atoms with Gasteiger partial charge in [-0.15, -0.1) is 12.4 Å². The summed E-state index contributed by atoms with van der Waals surface area (Å²) in [6.07, 6.45) is -0.846. The average Bonchev–Trinajstić information content (AvgIpc) is 2.23. The zero-order valence-electron chi connectivity index (χ0n) is 11.5. The van der Waals surface area contributed by atoms with Gasteiger partial charge < -0.3 is 15.2 Å². The van der Waals surface area contributed by atoms with E-state index in [0.29, 0.717) is 4.47 Å². The van der Waals surface area contributed by atoms with Crippen LogP contribution in [0.5, 0.6) is 5.75 Å². The summed E-state index contributed by atoms with van der Waals surface area (Å²) in [6.45, 7) is 5.96. The largest absolute Gasteiger partial charge is 0.485 e. The first kappa shape index (κ1) is 19.6. The van der Waals surface area contributed by atoms with Crippen molar-refractivity contribution in [2.45, 2.75) is 32.4 Å². The fourth-order valence-electron chi connectivity index (χ4n) is 1.33. The summed E-state index contributed by atoms with van der Waals surface area (Å²) in [5.41, 5.74) is -0.144. The van der Waals surface area contributed by atoms with Crippen LogP contribution in [0.4, 0.5) is 8.78 Å². The molecule has 1 aromatic carbocycles. The molecule has 7 heteroatoms. The van der Waals surface area contributed by atoms with Crippen molar-refractivity contribution in [3.05, 3.63) is 28.2 Å². The summed E-state index contributed by atoms with van der Waals surface area (Å²) in [4.78, 5) is 0. The van der Waals surface area contributed by atoms with E-state index in [9.17, 15) is 13.9 Å². The minimum Gasteiger partial charge on any atom is -0.485 e. The van der Waals surface area contributed by atoms with Gasteiger partial charge in [-0.05, 0) is 32.9 Å². The molecule has 0 saturated carbocycles. The maximum atomic E-state index is 13.4. The minimum absolute atomic E-state index is 0. The number of nitrogens with one attached hydrogen (secondary N) is 1. The molecule has 3 nitrogen and oxygen atoms in total. The van der Waals surface area contributed by atoms with Crippen molar-refractivity contribution in [3.8, 4) is 5.75 Å². The van der Waals surface area contributed by atoms with Gasteiger partial charge in [0.2, 0.25) is 0 Å². The van der Waals surface area contributed by atoms with Gasteiger partial charge in [0.1, 0.15) is 12.7 Å². The van der Waals surface area contributed by atoms with Gasteiger partial charge in [0.15, 0.2) is 17.4 Å². The lowest BCUT2D eigenvalue weighted by Gasteiger charge is -2.23. The summed E-state index contributed by atoms with van der Waals surface area (Å²) >= 11 is 2.98. The van der Waals surface area contributed by atoms with Crippen molar-refractivity contribution in [2.24, 2.45) is 0 Å². The number of hydrogen-bond donors (Lipinski definition) is 2. The molecule has 0 bridgehead atoms. The fourth-order valence-corrected chi connectivity index (χ4v) is 1.73. The SMILES string of the molecule is CC(C)(C)NCC(O)COc1c(F)cc(Br)cc1F.Cl. The lowest BCUT2D eigenvalue weighted by molar-refractivity contribution is 0.0957. The van der Waals surface area contributed by atoms with Crippen LogP contribution in [-0.2, 0) is 0 Å². The summed E-state index contributed by atoms with van der Waals surface area (Å²) in [5, 5.41) is 12.7. The van der Waals surface area contributed by atoms with Crippen LogP contribution in [0.3, 0.4) is 0 Å². The predicted octanol–water partition coefficient (Wildman–Crippen LogP) is 3.28. The molecule has 1 aromatic rings. The van der Waals surface area contributed by atoms with E-state index >= 15 is 0 Å². The molecule has 0 saturated heterocycles. The second-order valence-corrected chi connectivity index (χ2v) is 6.21. The molecule has 2 N–H and O–H groups in total. The highest BCUT2D eigenvalue weighted by atomic mass is 79.9. The lowest BCUT2D eigenvalue weighted by Crippen LogP contribution is -2.42. The topological polar surface area (TPSA) is 41.5 Å². The molecular weight excluding hydrogens is 356 g/mol. The molecule has 0 aromatic heterocycles. The van der Waals surface area contributed by atoms with Gasteiger partial charge in [-0.25, -0.2) is 8.78 Å². The molecule has 1 atom stereocenters. The van der Waals surface area contributed by atoms with E-state index in [4.69, 9.17) is 4.74 Å². The van der Waals surface area contributed by atoms with E-state index in [1.54, 1.807) is 0 Å². The van der Waals surface area contributed by atoms with Gasteiger partial charge in [0, 0.05) is 16.6 Å². The summed E-state index contributed by atoms with van der Waals surface area (Å²) in [5.74, 6) is -2.08. The first-order valence-electron chi connectivity index (χ1n) is 5.89. The third kappa shape index (κ3) is 6.83. The van der Waals surface area contributed by atoms with Crippen LogP contribution in [-0.4, -0.2) is 29.9 Å². The van der Waals surface area contributed by atoms with Crippen molar-refractivity contribution < 1.29 is 18.6 Å². The number of halogens is 4. The molecule has 0 aliphatic rings. The Balaban J connectivity index is 0.00000361. The number of aliphatic hydroxyl groups is 1. The van der Waals surface area contributed by atoms with Crippen molar-refractivity contribution in [2.75, 3.05) is 13.2 Å². The highest BCUT2D eigenvalue weighted by Gasteiger charge is 2.16. The second-order valence-electron chi connectivity index (χ2n) is 5.29.